The molecule has 0 amide bonds. The lowest BCUT2D eigenvalue weighted by Crippen LogP contribution is -2.43. The maximum atomic E-state index is 5.65. The number of rotatable bonds is 5. The van der Waals surface area contributed by atoms with Gasteiger partial charge in [0.25, 0.3) is 0 Å². The molecule has 1 heterocycles. The summed E-state index contributed by atoms with van der Waals surface area (Å²) in [5.74, 6) is 0.547. The van der Waals surface area contributed by atoms with Crippen LogP contribution in [0.3, 0.4) is 0 Å². The highest BCUT2D eigenvalue weighted by atomic mass is 32.1. The Bertz CT molecular complexity index is 404. The first kappa shape index (κ1) is 13.9. The molecule has 1 aromatic rings. The van der Waals surface area contributed by atoms with Crippen molar-refractivity contribution in [1.29, 1.82) is 0 Å². The molecule has 0 bridgehead atoms. The highest BCUT2D eigenvalue weighted by Gasteiger charge is 2.21. The Morgan fingerprint density at radius 3 is 2.65 bits per heavy atom. The van der Waals surface area contributed by atoms with E-state index in [1.807, 2.05) is 20.2 Å². The number of pyridine rings is 1. The largest absolute Gasteiger partial charge is 0.476 e. The molecule has 17 heavy (non-hydrogen) atoms. The first-order valence-corrected chi connectivity index (χ1v) is 5.81. The molecule has 0 atom stereocenters. The molecule has 1 rings (SSSR count). The van der Waals surface area contributed by atoms with Crippen molar-refractivity contribution in [3.63, 3.8) is 0 Å². The predicted octanol–water partition coefficient (Wildman–Crippen LogP) is 1.43. The summed E-state index contributed by atoms with van der Waals surface area (Å²) >= 11 is 4.87. The molecular formula is C12H19N3OS. The van der Waals surface area contributed by atoms with E-state index in [1.165, 1.54) is 0 Å². The Kier molecular flexibility index (Phi) is 4.42. The molecule has 1 aromatic heterocycles. The van der Waals surface area contributed by atoms with Crippen molar-refractivity contribution in [2.45, 2.75) is 19.4 Å². The Balaban J connectivity index is 2.70. The van der Waals surface area contributed by atoms with Crippen LogP contribution in [0.1, 0.15) is 19.5 Å². The third kappa shape index (κ3) is 3.94. The van der Waals surface area contributed by atoms with E-state index in [9.17, 15) is 0 Å². The second-order valence-corrected chi connectivity index (χ2v) is 5.16. The molecule has 0 saturated heterocycles. The molecule has 0 spiro atoms. The van der Waals surface area contributed by atoms with E-state index < -0.39 is 0 Å². The SMILES string of the molecule is CN(C)C(C)(C)COc1cccc(C(N)=S)n1. The van der Waals surface area contributed by atoms with Crippen LogP contribution < -0.4 is 10.5 Å². The van der Waals surface area contributed by atoms with Crippen LogP contribution in [0.15, 0.2) is 18.2 Å². The van der Waals surface area contributed by atoms with Gasteiger partial charge in [0.2, 0.25) is 5.88 Å². The van der Waals surface area contributed by atoms with Crippen LogP contribution >= 0.6 is 12.2 Å². The van der Waals surface area contributed by atoms with Gasteiger partial charge in [0, 0.05) is 11.6 Å². The van der Waals surface area contributed by atoms with E-state index >= 15 is 0 Å². The van der Waals surface area contributed by atoms with Crippen LogP contribution in [0.4, 0.5) is 0 Å². The van der Waals surface area contributed by atoms with E-state index in [1.54, 1.807) is 12.1 Å². The molecule has 0 aliphatic carbocycles. The summed E-state index contributed by atoms with van der Waals surface area (Å²) in [6.07, 6.45) is 0. The van der Waals surface area contributed by atoms with Crippen molar-refractivity contribution in [2.24, 2.45) is 5.73 Å². The summed E-state index contributed by atoms with van der Waals surface area (Å²) in [7, 11) is 4.03. The molecule has 5 heteroatoms. The quantitative estimate of drug-likeness (QED) is 0.805. The zero-order chi connectivity index (χ0) is 13.1. The minimum atomic E-state index is -0.0547. The summed E-state index contributed by atoms with van der Waals surface area (Å²) in [5, 5.41) is 0. The van der Waals surface area contributed by atoms with Gasteiger partial charge in [-0.25, -0.2) is 4.98 Å². The first-order valence-electron chi connectivity index (χ1n) is 5.40. The average molecular weight is 253 g/mol. The lowest BCUT2D eigenvalue weighted by molar-refractivity contribution is 0.111. The number of nitrogens with two attached hydrogens (primary N) is 1. The Morgan fingerprint density at radius 1 is 1.47 bits per heavy atom. The molecule has 0 aliphatic heterocycles. The standard InChI is InChI=1S/C12H19N3OS/c1-12(2,15(3)4)8-16-10-7-5-6-9(14-10)11(13)17/h5-7H,8H2,1-4H3,(H2,13,17). The predicted molar refractivity (Wildman–Crippen MR) is 73.4 cm³/mol. The highest BCUT2D eigenvalue weighted by molar-refractivity contribution is 7.80. The average Bonchev–Trinajstić information content (AvgIpc) is 2.26. The first-order chi connectivity index (χ1) is 7.83. The zero-order valence-corrected chi connectivity index (χ0v) is 11.5. The van der Waals surface area contributed by atoms with Crippen LogP contribution in [0.25, 0.3) is 0 Å². The fourth-order valence-corrected chi connectivity index (χ4v) is 1.13. The van der Waals surface area contributed by atoms with Crippen molar-refractivity contribution in [3.8, 4) is 5.88 Å². The molecule has 0 saturated carbocycles. The number of hydrogen-bond acceptors (Lipinski definition) is 4. The highest BCUT2D eigenvalue weighted by Crippen LogP contribution is 2.14. The molecule has 0 radical (unpaired) electrons. The number of hydrogen-bond donors (Lipinski definition) is 1. The molecule has 0 aromatic carbocycles. The van der Waals surface area contributed by atoms with Crippen LogP contribution in [0, 0.1) is 0 Å². The van der Waals surface area contributed by atoms with Crippen molar-refractivity contribution in [2.75, 3.05) is 20.7 Å². The van der Waals surface area contributed by atoms with Gasteiger partial charge in [-0.2, -0.15) is 0 Å². The monoisotopic (exact) mass is 253 g/mol. The van der Waals surface area contributed by atoms with E-state index in [0.717, 1.165) is 0 Å². The second-order valence-electron chi connectivity index (χ2n) is 4.72. The smallest absolute Gasteiger partial charge is 0.213 e. The van der Waals surface area contributed by atoms with Crippen LogP contribution in [-0.4, -0.2) is 41.1 Å². The normalized spacial score (nSPS) is 11.6. The zero-order valence-electron chi connectivity index (χ0n) is 10.7. The molecular weight excluding hydrogens is 234 g/mol. The number of nitrogens with zero attached hydrogens (tertiary/aromatic N) is 2. The molecule has 94 valence electrons. The van der Waals surface area contributed by atoms with Crippen LogP contribution in [-0.2, 0) is 0 Å². The van der Waals surface area contributed by atoms with Gasteiger partial charge in [0.15, 0.2) is 0 Å². The van der Waals surface area contributed by atoms with E-state index in [4.69, 9.17) is 22.7 Å². The summed E-state index contributed by atoms with van der Waals surface area (Å²) in [5.41, 5.74) is 6.05. The maximum absolute atomic E-state index is 5.65. The van der Waals surface area contributed by atoms with Crippen molar-refractivity contribution >= 4 is 17.2 Å². The van der Waals surface area contributed by atoms with Gasteiger partial charge in [0.05, 0.1) is 0 Å². The summed E-state index contributed by atoms with van der Waals surface area (Å²) in [4.78, 5) is 6.61. The molecule has 0 fully saturated rings. The van der Waals surface area contributed by atoms with Gasteiger partial charge >= 0.3 is 0 Å². The topological polar surface area (TPSA) is 51.4 Å². The summed E-state index contributed by atoms with van der Waals surface area (Å²) in [6.45, 7) is 4.75. The molecule has 0 unspecified atom stereocenters. The lowest BCUT2D eigenvalue weighted by atomic mass is 10.1. The minimum absolute atomic E-state index is 0.0547. The van der Waals surface area contributed by atoms with Gasteiger partial charge in [-0.3, -0.25) is 0 Å². The lowest BCUT2D eigenvalue weighted by Gasteiger charge is -2.31. The van der Waals surface area contributed by atoms with Crippen molar-refractivity contribution in [1.82, 2.24) is 9.88 Å². The van der Waals surface area contributed by atoms with E-state index in [0.29, 0.717) is 18.2 Å². The molecule has 2 N–H and O–H groups in total. The minimum Gasteiger partial charge on any atom is -0.476 e. The van der Waals surface area contributed by atoms with Crippen molar-refractivity contribution < 1.29 is 4.74 Å². The number of ether oxygens (including phenoxy) is 1. The number of likely N-dealkylation sites (N-methyl/N-ethyl adjacent to an activating group) is 1. The Hall–Kier alpha value is -1.20. The number of aromatic nitrogens is 1. The Morgan fingerprint density at radius 2 is 2.12 bits per heavy atom. The van der Waals surface area contributed by atoms with Gasteiger partial charge in [-0.15, -0.1) is 0 Å². The molecule has 4 nitrogen and oxygen atoms in total. The van der Waals surface area contributed by atoms with Crippen LogP contribution in [0.2, 0.25) is 0 Å². The Labute approximate surface area is 108 Å². The van der Waals surface area contributed by atoms with Crippen molar-refractivity contribution in [3.05, 3.63) is 23.9 Å². The van der Waals surface area contributed by atoms with E-state index in [2.05, 4.69) is 23.7 Å². The fourth-order valence-electron chi connectivity index (χ4n) is 1.01. The van der Waals surface area contributed by atoms with E-state index in [-0.39, 0.29) is 10.5 Å². The molecule has 0 aliphatic rings. The van der Waals surface area contributed by atoms with Gasteiger partial charge < -0.3 is 15.4 Å². The summed E-state index contributed by atoms with van der Waals surface area (Å²) < 4.78 is 5.65. The van der Waals surface area contributed by atoms with Gasteiger partial charge in [0.1, 0.15) is 17.3 Å². The third-order valence-corrected chi connectivity index (χ3v) is 2.97. The van der Waals surface area contributed by atoms with Crippen LogP contribution in [0.5, 0.6) is 5.88 Å². The maximum Gasteiger partial charge on any atom is 0.213 e. The fraction of sp³-hybridized carbons (Fsp3) is 0.500. The van der Waals surface area contributed by atoms with Gasteiger partial charge in [-0.05, 0) is 34.0 Å². The summed E-state index contributed by atoms with van der Waals surface area (Å²) in [6, 6.07) is 5.40. The van der Waals surface area contributed by atoms with Gasteiger partial charge in [-0.1, -0.05) is 18.3 Å². The third-order valence-electron chi connectivity index (χ3n) is 2.76. The number of thiocarbonyl (C=S) groups is 1. The second kappa shape index (κ2) is 5.42.